The number of rotatable bonds is 21. The Hall–Kier alpha value is 0.465. The van der Waals surface area contributed by atoms with Crippen molar-refractivity contribution in [3.05, 3.63) is 0 Å². The Morgan fingerprint density at radius 3 is 0.638 bits per heavy atom. The van der Waals surface area contributed by atoms with E-state index in [0.29, 0.717) is 19.8 Å². The molecule has 0 N–H and O–H groups in total. The number of ether oxygens (including phenoxy) is 9. The van der Waals surface area contributed by atoms with Gasteiger partial charge in [-0.15, -0.1) is 19.8 Å². The van der Waals surface area contributed by atoms with Gasteiger partial charge in [-0.1, -0.05) is 40.0 Å². The number of hydrogen-bond donors (Lipinski definition) is 0. The summed E-state index contributed by atoms with van der Waals surface area (Å²) in [7, 11) is 7.81. The zero-order chi connectivity index (χ0) is 36.5. The van der Waals surface area contributed by atoms with Crippen LogP contribution in [0.1, 0.15) is 80.1 Å². The maximum Gasteiger partial charge on any atom is 3.00 e. The first-order valence-corrected chi connectivity index (χ1v) is 15.0. The van der Waals surface area contributed by atoms with Crippen LogP contribution in [0.3, 0.4) is 0 Å². The minimum absolute atomic E-state index is 0. The molecule has 0 atom stereocenters. The summed E-state index contributed by atoms with van der Waals surface area (Å²) in [5.41, 5.74) is 0. The average Bonchev–Trinajstić information content (AvgIpc) is 3.05. The van der Waals surface area contributed by atoms with Crippen LogP contribution in [0.25, 0.3) is 0 Å². The van der Waals surface area contributed by atoms with Gasteiger partial charge in [-0.2, -0.15) is 0 Å². The molecule has 0 aliphatic heterocycles. The van der Waals surface area contributed by atoms with Crippen LogP contribution in [0.4, 0.5) is 0 Å². The molecule has 0 saturated carbocycles. The Morgan fingerprint density at radius 2 is 0.553 bits per heavy atom. The first kappa shape index (κ1) is 65.8. The van der Waals surface area contributed by atoms with Gasteiger partial charge in [-0.3, -0.25) is 0 Å². The van der Waals surface area contributed by atoms with Gasteiger partial charge in [0, 0.05) is 82.3 Å². The summed E-state index contributed by atoms with van der Waals surface area (Å²) < 4.78 is 40.6. The number of unbranched alkanes of at least 4 members (excludes halogenated alkanes) is 3. The van der Waals surface area contributed by atoms with Gasteiger partial charge < -0.3 is 73.3 Å². The summed E-state index contributed by atoms with van der Waals surface area (Å²) in [6, 6.07) is 0. The predicted octanol–water partition coefficient (Wildman–Crippen LogP) is -2.33. The molecule has 0 unspecified atom stereocenters. The molecule has 0 spiro atoms. The molecule has 15 nitrogen and oxygen atoms in total. The minimum atomic E-state index is -1.67. The van der Waals surface area contributed by atoms with Gasteiger partial charge in [0.1, 0.15) is 0 Å². The molecule has 47 heavy (non-hydrogen) atoms. The van der Waals surface area contributed by atoms with E-state index in [9.17, 15) is 30.6 Å². The molecule has 0 saturated heterocycles. The van der Waals surface area contributed by atoms with Gasteiger partial charge in [0.25, 0.3) is 0 Å². The third-order valence-corrected chi connectivity index (χ3v) is 4.83. The third-order valence-electron chi connectivity index (χ3n) is 4.83. The Bertz CT molecular complexity index is 392. The van der Waals surface area contributed by atoms with Crippen LogP contribution in [-0.4, -0.2) is 155 Å². The Labute approximate surface area is 307 Å². The smallest absolute Gasteiger partial charge is 0.853 e. The maximum absolute atomic E-state index is 10.4. The summed E-state index contributed by atoms with van der Waals surface area (Å²) >= 11 is 0. The quantitative estimate of drug-likeness (QED) is 0.0689. The molecule has 0 aliphatic rings. The van der Waals surface area contributed by atoms with Gasteiger partial charge in [0.05, 0.1) is 17.9 Å². The van der Waals surface area contributed by atoms with Gasteiger partial charge in [0.2, 0.25) is 0 Å². The summed E-state index contributed by atoms with van der Waals surface area (Å²) in [6.07, 6.45) is 6.62. The Morgan fingerprint density at radius 1 is 0.383 bits per heavy atom. The van der Waals surface area contributed by atoms with Crippen LogP contribution in [0.2, 0.25) is 0 Å². The minimum Gasteiger partial charge on any atom is -0.853 e. The van der Waals surface area contributed by atoms with Crippen LogP contribution in [0, 0.1) is 0 Å². The summed E-state index contributed by atoms with van der Waals surface area (Å²) in [6.45, 7) is 13.2. The van der Waals surface area contributed by atoms with Crippen molar-refractivity contribution in [1.82, 2.24) is 0 Å². The van der Waals surface area contributed by atoms with E-state index in [-0.39, 0.29) is 54.5 Å². The predicted molar refractivity (Wildman–Crippen MR) is 171 cm³/mol. The molecule has 282 valence electrons. The first-order valence-electron chi connectivity index (χ1n) is 15.0. The molecule has 0 bridgehead atoms. The summed E-state index contributed by atoms with van der Waals surface area (Å²) in [5.74, 6) is -5.00. The molecule has 0 aliphatic carbocycles. The molecule has 0 aromatic rings. The normalized spacial score (nSPS) is 10.3. The van der Waals surface area contributed by atoms with E-state index in [2.05, 4.69) is 49.2 Å². The summed E-state index contributed by atoms with van der Waals surface area (Å²) in [4.78, 5) is 0. The van der Waals surface area contributed by atoms with Crippen molar-refractivity contribution < 1.29 is 73.3 Å². The zero-order valence-electron chi connectivity index (χ0n) is 31.4. The molecule has 0 rings (SSSR count). The largest absolute Gasteiger partial charge is 3.00 e. The fourth-order valence-corrected chi connectivity index (χ4v) is 1.47. The van der Waals surface area contributed by atoms with Crippen molar-refractivity contribution in [3.63, 3.8) is 0 Å². The second-order valence-corrected chi connectivity index (χ2v) is 8.82. The van der Waals surface area contributed by atoms with E-state index < -0.39 is 17.9 Å². The van der Waals surface area contributed by atoms with Crippen molar-refractivity contribution in [2.45, 2.75) is 98.0 Å². The van der Waals surface area contributed by atoms with Crippen molar-refractivity contribution >= 4 is 34.7 Å². The third kappa shape index (κ3) is 82.0. The molecule has 17 heteroatoms. The number of hydrogen-bond acceptors (Lipinski definition) is 15. The van der Waals surface area contributed by atoms with E-state index in [1.165, 1.54) is 63.4 Å². The van der Waals surface area contributed by atoms with Crippen molar-refractivity contribution in [1.29, 1.82) is 0 Å². The molecular weight excluding hydrogens is 654 g/mol. The van der Waals surface area contributed by atoms with Crippen LogP contribution >= 0.6 is 0 Å². The van der Waals surface area contributed by atoms with Gasteiger partial charge in [-0.05, 0) is 40.0 Å². The molecule has 0 heterocycles. The van der Waals surface area contributed by atoms with E-state index in [4.69, 9.17) is 14.2 Å². The summed E-state index contributed by atoms with van der Waals surface area (Å²) in [5, 5.41) is 60.5. The maximum atomic E-state index is 10.4. The van der Waals surface area contributed by atoms with Crippen molar-refractivity contribution in [2.24, 2.45) is 0 Å². The SMILES string of the molecule is CCCCOCC[O-].CCCCOCC[O-].CCCCOCC[O-].COC(C)([O-])OC.COC(C)([O-])OC.COC(C)([O-])OC.[Al+3].[Al+3]. The molecule has 0 fully saturated rings. The molecule has 0 aromatic carbocycles. The fraction of sp³-hybridized carbons (Fsp3) is 1.00. The monoisotopic (exact) mass is 720 g/mol. The van der Waals surface area contributed by atoms with E-state index in [1.54, 1.807) is 0 Å². The van der Waals surface area contributed by atoms with Gasteiger partial charge in [-0.25, -0.2) is 0 Å². The van der Waals surface area contributed by atoms with Crippen molar-refractivity contribution in [2.75, 3.05) is 102 Å². The second-order valence-electron chi connectivity index (χ2n) is 8.82. The van der Waals surface area contributed by atoms with Crippen LogP contribution in [0.5, 0.6) is 0 Å². The van der Waals surface area contributed by atoms with E-state index >= 15 is 0 Å². The van der Waals surface area contributed by atoms with Crippen LogP contribution in [-0.2, 0) is 42.6 Å². The van der Waals surface area contributed by atoms with Crippen molar-refractivity contribution in [3.8, 4) is 0 Å². The van der Waals surface area contributed by atoms with Crippen LogP contribution in [0.15, 0.2) is 0 Å². The molecular formula is C30H66Al2O15. The van der Waals surface area contributed by atoms with E-state index in [0.717, 1.165) is 58.3 Å². The standard InChI is InChI=1S/3C6H13O2.3C4H9O3.2Al/c3*1-2-3-5-8-6-4-7;3*1-4(5,6-2)7-3;;/h3*2-6H2,1H3;3*1-3H3;;/q6*-1;2*+3. The first-order chi connectivity index (χ1) is 21.1. The molecule has 0 radical (unpaired) electrons. The fourth-order valence-electron chi connectivity index (χ4n) is 1.47. The average molecular weight is 721 g/mol. The Kier molecular flexibility index (Phi) is 74.6. The topological polar surface area (TPSA) is 221 Å². The van der Waals surface area contributed by atoms with Gasteiger partial charge >= 0.3 is 34.7 Å². The van der Waals surface area contributed by atoms with E-state index in [1.807, 2.05) is 0 Å². The zero-order valence-corrected chi connectivity index (χ0v) is 33.7. The molecule has 0 aromatic heterocycles. The van der Waals surface area contributed by atoms with Gasteiger partial charge in [0.15, 0.2) is 0 Å². The Balaban J connectivity index is -0.0000000642. The number of methoxy groups -OCH3 is 6. The van der Waals surface area contributed by atoms with Crippen LogP contribution < -0.4 is 30.6 Å². The second kappa shape index (κ2) is 53.3. The molecule has 0 amide bonds.